The van der Waals surface area contributed by atoms with E-state index in [9.17, 15) is 14.0 Å². The minimum absolute atomic E-state index is 0.0569. The third kappa shape index (κ3) is 5.73. The third-order valence-corrected chi connectivity index (χ3v) is 5.88. The van der Waals surface area contributed by atoms with E-state index in [0.717, 1.165) is 5.56 Å². The zero-order valence-corrected chi connectivity index (χ0v) is 18.9. The van der Waals surface area contributed by atoms with Gasteiger partial charge in [0.2, 0.25) is 5.91 Å². The van der Waals surface area contributed by atoms with Crippen molar-refractivity contribution in [2.45, 2.75) is 25.0 Å². The topological polar surface area (TPSA) is 67.9 Å². The molecule has 4 rings (SSSR count). The highest BCUT2D eigenvalue weighted by molar-refractivity contribution is 5.98. The number of piperidine rings is 1. The Bertz CT molecular complexity index is 1100. The minimum atomic E-state index is -0.801. The molecule has 1 fully saturated rings. The zero-order chi connectivity index (χ0) is 23.9. The van der Waals surface area contributed by atoms with Crippen molar-refractivity contribution in [2.24, 2.45) is 0 Å². The van der Waals surface area contributed by atoms with Crippen molar-refractivity contribution < 1.29 is 23.5 Å². The van der Waals surface area contributed by atoms with Crippen molar-refractivity contribution in [1.82, 2.24) is 10.2 Å². The second-order valence-electron chi connectivity index (χ2n) is 8.14. The summed E-state index contributed by atoms with van der Waals surface area (Å²) in [5, 5.41) is 2.90. The highest BCUT2D eigenvalue weighted by Crippen LogP contribution is 2.23. The number of likely N-dealkylation sites (tertiary alicyclic amines) is 1. The van der Waals surface area contributed by atoms with E-state index in [1.807, 2.05) is 30.3 Å². The molecule has 1 aliphatic rings. The number of hydrogen-bond acceptors (Lipinski definition) is 4. The van der Waals surface area contributed by atoms with Gasteiger partial charge in [-0.3, -0.25) is 9.59 Å². The first-order valence-electron chi connectivity index (χ1n) is 11.2. The van der Waals surface area contributed by atoms with Crippen LogP contribution in [0.5, 0.6) is 11.5 Å². The summed E-state index contributed by atoms with van der Waals surface area (Å²) in [6.07, 6.45) is 1.24. The van der Waals surface area contributed by atoms with Crippen LogP contribution in [0.25, 0.3) is 0 Å². The summed E-state index contributed by atoms with van der Waals surface area (Å²) in [6.45, 7) is 1.01. The molecule has 0 saturated carbocycles. The summed E-state index contributed by atoms with van der Waals surface area (Å²) in [7, 11) is 1.56. The van der Waals surface area contributed by atoms with Gasteiger partial charge in [0.1, 0.15) is 29.5 Å². The van der Waals surface area contributed by atoms with Gasteiger partial charge in [-0.25, -0.2) is 4.39 Å². The van der Waals surface area contributed by atoms with Crippen LogP contribution >= 0.6 is 0 Å². The molecule has 0 spiro atoms. The summed E-state index contributed by atoms with van der Waals surface area (Å²) in [4.78, 5) is 28.2. The molecule has 1 saturated heterocycles. The highest BCUT2D eigenvalue weighted by atomic mass is 19.1. The number of halogens is 1. The van der Waals surface area contributed by atoms with Crippen molar-refractivity contribution >= 4 is 11.8 Å². The van der Waals surface area contributed by atoms with Gasteiger partial charge in [0.15, 0.2) is 0 Å². The van der Waals surface area contributed by atoms with Crippen LogP contribution in [0.3, 0.4) is 0 Å². The Balaban J connectivity index is 1.42. The Morgan fingerprint density at radius 2 is 1.53 bits per heavy atom. The first kappa shape index (κ1) is 23.3. The van der Waals surface area contributed by atoms with E-state index in [2.05, 4.69) is 5.32 Å². The van der Waals surface area contributed by atoms with E-state index >= 15 is 0 Å². The molecule has 7 heteroatoms. The number of ether oxygens (including phenoxy) is 2. The van der Waals surface area contributed by atoms with Crippen LogP contribution in [-0.4, -0.2) is 43.0 Å². The molecule has 0 bridgehead atoms. The predicted molar refractivity (Wildman–Crippen MR) is 126 cm³/mol. The predicted octanol–water partition coefficient (Wildman–Crippen LogP) is 4.38. The van der Waals surface area contributed by atoms with Crippen LogP contribution in [0.1, 0.15) is 34.8 Å². The molecular formula is C27H27FN2O4. The second-order valence-corrected chi connectivity index (χ2v) is 8.14. The lowest BCUT2D eigenvalue weighted by Gasteiger charge is -2.34. The van der Waals surface area contributed by atoms with Crippen LogP contribution in [0.4, 0.5) is 4.39 Å². The van der Waals surface area contributed by atoms with Gasteiger partial charge in [-0.15, -0.1) is 0 Å². The van der Waals surface area contributed by atoms with Gasteiger partial charge in [-0.2, -0.15) is 0 Å². The van der Waals surface area contributed by atoms with Crippen molar-refractivity contribution in [3.8, 4) is 11.5 Å². The highest BCUT2D eigenvalue weighted by Gasteiger charge is 2.31. The van der Waals surface area contributed by atoms with E-state index in [-0.39, 0.29) is 23.7 Å². The van der Waals surface area contributed by atoms with Gasteiger partial charge >= 0.3 is 0 Å². The quantitative estimate of drug-likeness (QED) is 0.566. The third-order valence-electron chi connectivity index (χ3n) is 5.88. The summed E-state index contributed by atoms with van der Waals surface area (Å²) in [6, 6.07) is 21.1. The molecule has 6 nitrogen and oxygen atoms in total. The lowest BCUT2D eigenvalue weighted by atomic mass is 10.0. The van der Waals surface area contributed by atoms with Crippen LogP contribution in [0.2, 0.25) is 0 Å². The molecule has 34 heavy (non-hydrogen) atoms. The average Bonchev–Trinajstić information content (AvgIpc) is 2.89. The van der Waals surface area contributed by atoms with E-state index < -0.39 is 6.04 Å². The molecule has 1 heterocycles. The molecule has 176 valence electrons. The fourth-order valence-electron chi connectivity index (χ4n) is 3.97. The molecule has 0 unspecified atom stereocenters. The van der Waals surface area contributed by atoms with Gasteiger partial charge in [-0.05, 0) is 54.1 Å². The van der Waals surface area contributed by atoms with Gasteiger partial charge in [0, 0.05) is 31.5 Å². The summed E-state index contributed by atoms with van der Waals surface area (Å²) < 4.78 is 24.2. The largest absolute Gasteiger partial charge is 0.497 e. The first-order chi connectivity index (χ1) is 16.5. The summed E-state index contributed by atoms with van der Waals surface area (Å²) in [5.41, 5.74) is 1.17. The number of nitrogens with one attached hydrogen (secondary N) is 1. The minimum Gasteiger partial charge on any atom is -0.497 e. The number of methoxy groups -OCH3 is 1. The summed E-state index contributed by atoms with van der Waals surface area (Å²) >= 11 is 0. The Morgan fingerprint density at radius 3 is 2.15 bits per heavy atom. The Morgan fingerprint density at radius 1 is 0.912 bits per heavy atom. The molecular weight excluding hydrogens is 435 g/mol. The lowest BCUT2D eigenvalue weighted by Crippen LogP contribution is -2.47. The summed E-state index contributed by atoms with van der Waals surface area (Å²) in [5.74, 6) is 0.460. The average molecular weight is 463 g/mol. The van der Waals surface area contributed by atoms with Crippen molar-refractivity contribution in [3.63, 3.8) is 0 Å². The normalized spacial score (nSPS) is 14.8. The molecule has 2 amide bonds. The fourth-order valence-corrected chi connectivity index (χ4v) is 3.97. The fraction of sp³-hybridized carbons (Fsp3) is 0.259. The molecule has 1 aliphatic heterocycles. The molecule has 1 N–H and O–H groups in total. The van der Waals surface area contributed by atoms with Crippen LogP contribution in [-0.2, 0) is 4.79 Å². The molecule has 0 aromatic heterocycles. The maximum Gasteiger partial charge on any atom is 0.252 e. The van der Waals surface area contributed by atoms with Crippen molar-refractivity contribution in [1.29, 1.82) is 0 Å². The Labute approximate surface area is 198 Å². The Kier molecular flexibility index (Phi) is 7.42. The van der Waals surface area contributed by atoms with Crippen molar-refractivity contribution in [2.75, 3.05) is 20.2 Å². The molecule has 0 aliphatic carbocycles. The maximum atomic E-state index is 13.5. The number of carbonyl (C=O) groups excluding carboxylic acids is 2. The van der Waals surface area contributed by atoms with Gasteiger partial charge in [0.25, 0.3) is 5.91 Å². The van der Waals surface area contributed by atoms with Crippen LogP contribution in [0.15, 0.2) is 78.9 Å². The van der Waals surface area contributed by atoms with Crippen molar-refractivity contribution in [3.05, 3.63) is 95.8 Å². The molecule has 3 aromatic rings. The number of carbonyl (C=O) groups is 2. The standard InChI is InChI=1S/C27H27FN2O4/c1-33-22-11-7-20(8-12-22)26(31)29-25(19-5-3-2-4-6-19)27(32)30-17-15-24(16-18-30)34-23-13-9-21(28)10-14-23/h2-14,24-25H,15-18H2,1H3,(H,29,31)/t25-/m1/s1. The number of hydrogen-bond donors (Lipinski definition) is 1. The van der Waals surface area contributed by atoms with E-state index in [1.165, 1.54) is 12.1 Å². The van der Waals surface area contributed by atoms with Gasteiger partial charge < -0.3 is 19.7 Å². The monoisotopic (exact) mass is 462 g/mol. The lowest BCUT2D eigenvalue weighted by molar-refractivity contribution is -0.135. The molecule has 1 atom stereocenters. The number of benzene rings is 3. The molecule has 0 radical (unpaired) electrons. The van der Waals surface area contributed by atoms with E-state index in [0.29, 0.717) is 43.0 Å². The van der Waals surface area contributed by atoms with Crippen LogP contribution in [0, 0.1) is 5.82 Å². The Hall–Kier alpha value is -3.87. The van der Waals surface area contributed by atoms with Gasteiger partial charge in [0.05, 0.1) is 7.11 Å². The number of rotatable bonds is 7. The number of amides is 2. The zero-order valence-electron chi connectivity index (χ0n) is 18.9. The SMILES string of the molecule is COc1ccc(C(=O)N[C@@H](C(=O)N2CCC(Oc3ccc(F)cc3)CC2)c2ccccc2)cc1. The van der Waals surface area contributed by atoms with E-state index in [1.54, 1.807) is 48.4 Å². The smallest absolute Gasteiger partial charge is 0.252 e. The molecule has 3 aromatic carbocycles. The van der Waals surface area contributed by atoms with E-state index in [4.69, 9.17) is 9.47 Å². The second kappa shape index (κ2) is 10.8. The number of nitrogens with zero attached hydrogens (tertiary/aromatic N) is 1. The maximum absolute atomic E-state index is 13.5. The van der Waals surface area contributed by atoms with Crippen LogP contribution < -0.4 is 14.8 Å². The first-order valence-corrected chi connectivity index (χ1v) is 11.2. The van der Waals surface area contributed by atoms with Gasteiger partial charge in [-0.1, -0.05) is 30.3 Å².